The lowest BCUT2D eigenvalue weighted by Crippen LogP contribution is -2.03. The molecule has 0 aliphatic heterocycles. The van der Waals surface area contributed by atoms with Crippen molar-refractivity contribution in [3.63, 3.8) is 0 Å². The Morgan fingerprint density at radius 3 is 2.41 bits per heavy atom. The lowest BCUT2D eigenvalue weighted by molar-refractivity contribution is 0.584. The van der Waals surface area contributed by atoms with Gasteiger partial charge < -0.3 is 9.88 Å². The van der Waals surface area contributed by atoms with Crippen LogP contribution in [-0.2, 0) is 0 Å². The lowest BCUT2D eigenvalue weighted by Gasteiger charge is -2.08. The number of aryl methyl sites for hydroxylation is 2. The Hall–Kier alpha value is -2.76. The molecule has 0 amide bonds. The highest BCUT2D eigenvalue weighted by Crippen LogP contribution is 2.18. The first-order chi connectivity index (χ1) is 10.5. The molecule has 0 unspecified atom stereocenters. The summed E-state index contributed by atoms with van der Waals surface area (Å²) in [5.41, 5.74) is 2.42. The molecule has 0 bridgehead atoms. The van der Waals surface area contributed by atoms with Crippen LogP contribution in [-0.4, -0.2) is 14.5 Å². The van der Waals surface area contributed by atoms with E-state index in [9.17, 15) is 8.78 Å². The fourth-order valence-corrected chi connectivity index (χ4v) is 2.29. The van der Waals surface area contributed by atoms with E-state index < -0.39 is 11.6 Å². The van der Waals surface area contributed by atoms with Gasteiger partial charge in [0.2, 0.25) is 5.95 Å². The molecule has 1 aromatic carbocycles. The zero-order valence-electron chi connectivity index (χ0n) is 12.1. The molecular formula is C16H14F2N4. The molecule has 0 atom stereocenters. The third-order valence-electron chi connectivity index (χ3n) is 3.16. The highest BCUT2D eigenvalue weighted by atomic mass is 19.1. The summed E-state index contributed by atoms with van der Waals surface area (Å²) in [7, 11) is 0. The normalized spacial score (nSPS) is 10.7. The minimum atomic E-state index is -0.657. The number of hydrogen-bond acceptors (Lipinski definition) is 3. The van der Waals surface area contributed by atoms with E-state index in [0.29, 0.717) is 5.82 Å². The van der Waals surface area contributed by atoms with E-state index in [4.69, 9.17) is 0 Å². The van der Waals surface area contributed by atoms with E-state index in [2.05, 4.69) is 15.3 Å². The van der Waals surface area contributed by atoms with Gasteiger partial charge in [-0.2, -0.15) is 4.98 Å². The molecule has 0 saturated carbocycles. The minimum Gasteiger partial charge on any atom is -0.324 e. The van der Waals surface area contributed by atoms with Crippen LogP contribution < -0.4 is 5.32 Å². The van der Waals surface area contributed by atoms with Gasteiger partial charge in [-0.15, -0.1) is 0 Å². The molecule has 6 heteroatoms. The highest BCUT2D eigenvalue weighted by Gasteiger charge is 2.06. The van der Waals surface area contributed by atoms with Crippen molar-refractivity contribution in [2.75, 3.05) is 5.32 Å². The molecule has 4 nitrogen and oxygen atoms in total. The number of halogens is 2. The topological polar surface area (TPSA) is 42.7 Å². The maximum Gasteiger partial charge on any atom is 0.229 e. The van der Waals surface area contributed by atoms with Crippen LogP contribution >= 0.6 is 0 Å². The van der Waals surface area contributed by atoms with Gasteiger partial charge in [0.15, 0.2) is 0 Å². The molecule has 1 N–H and O–H groups in total. The van der Waals surface area contributed by atoms with Crippen molar-refractivity contribution < 1.29 is 8.78 Å². The second-order valence-electron chi connectivity index (χ2n) is 5.05. The summed E-state index contributed by atoms with van der Waals surface area (Å²) in [6.45, 7) is 3.98. The smallest absolute Gasteiger partial charge is 0.229 e. The van der Waals surface area contributed by atoms with Crippen molar-refractivity contribution in [1.82, 2.24) is 14.5 Å². The van der Waals surface area contributed by atoms with Crippen molar-refractivity contribution >= 4 is 11.6 Å². The quantitative estimate of drug-likeness (QED) is 0.797. The standard InChI is InChI=1S/C16H14F2N4/c1-10-5-11(2)22(9-10)15-3-4-19-16(21-15)20-14-7-12(17)6-13(18)8-14/h3-9H,1-2H3,(H,19,20,21). The summed E-state index contributed by atoms with van der Waals surface area (Å²) in [6.07, 6.45) is 3.55. The molecule has 0 saturated heterocycles. The van der Waals surface area contributed by atoms with Crippen LogP contribution in [0.15, 0.2) is 42.7 Å². The summed E-state index contributed by atoms with van der Waals surface area (Å²) in [4.78, 5) is 8.44. The Balaban J connectivity index is 1.93. The van der Waals surface area contributed by atoms with Crippen LogP contribution in [0, 0.1) is 25.5 Å². The molecule has 0 spiro atoms. The van der Waals surface area contributed by atoms with Gasteiger partial charge in [-0.1, -0.05) is 0 Å². The van der Waals surface area contributed by atoms with E-state index >= 15 is 0 Å². The van der Waals surface area contributed by atoms with Crippen LogP contribution in [0.4, 0.5) is 20.4 Å². The summed E-state index contributed by atoms with van der Waals surface area (Å²) in [5, 5.41) is 2.81. The molecule has 2 aromatic heterocycles. The van der Waals surface area contributed by atoms with Crippen LogP contribution in [0.5, 0.6) is 0 Å². The average molecular weight is 300 g/mol. The number of nitrogens with one attached hydrogen (secondary N) is 1. The number of benzene rings is 1. The minimum absolute atomic E-state index is 0.259. The van der Waals surface area contributed by atoms with Crippen LogP contribution in [0.2, 0.25) is 0 Å². The zero-order valence-corrected chi connectivity index (χ0v) is 12.1. The second kappa shape index (κ2) is 5.55. The van der Waals surface area contributed by atoms with Crippen molar-refractivity contribution in [1.29, 1.82) is 0 Å². The number of aromatic nitrogens is 3. The van der Waals surface area contributed by atoms with Crippen molar-refractivity contribution in [3.8, 4) is 5.82 Å². The molecule has 22 heavy (non-hydrogen) atoms. The predicted molar refractivity (Wildman–Crippen MR) is 80.5 cm³/mol. The first-order valence-corrected chi connectivity index (χ1v) is 6.73. The molecule has 0 fully saturated rings. The van der Waals surface area contributed by atoms with Crippen molar-refractivity contribution in [2.45, 2.75) is 13.8 Å². The Morgan fingerprint density at radius 2 is 1.77 bits per heavy atom. The van der Waals surface area contributed by atoms with E-state index in [1.807, 2.05) is 30.7 Å². The second-order valence-corrected chi connectivity index (χ2v) is 5.05. The molecule has 3 rings (SSSR count). The Morgan fingerprint density at radius 1 is 1.05 bits per heavy atom. The van der Waals surface area contributed by atoms with Gasteiger partial charge in [0.05, 0.1) is 0 Å². The van der Waals surface area contributed by atoms with Gasteiger partial charge in [0, 0.05) is 29.8 Å². The fourth-order valence-electron chi connectivity index (χ4n) is 2.29. The number of hydrogen-bond donors (Lipinski definition) is 1. The zero-order chi connectivity index (χ0) is 15.7. The Labute approximate surface area is 126 Å². The van der Waals surface area contributed by atoms with Gasteiger partial charge in [0.1, 0.15) is 17.5 Å². The van der Waals surface area contributed by atoms with Crippen molar-refractivity contribution in [2.24, 2.45) is 0 Å². The highest BCUT2D eigenvalue weighted by molar-refractivity contribution is 5.54. The SMILES string of the molecule is Cc1cc(C)n(-c2ccnc(Nc3cc(F)cc(F)c3)n2)c1. The van der Waals surface area contributed by atoms with E-state index in [-0.39, 0.29) is 11.6 Å². The van der Waals surface area contributed by atoms with Gasteiger partial charge in [-0.3, -0.25) is 0 Å². The molecular weight excluding hydrogens is 286 g/mol. The molecule has 0 radical (unpaired) electrons. The largest absolute Gasteiger partial charge is 0.324 e. The van der Waals surface area contributed by atoms with Crippen molar-refractivity contribution in [3.05, 3.63) is 65.6 Å². The van der Waals surface area contributed by atoms with Gasteiger partial charge in [-0.25, -0.2) is 13.8 Å². The van der Waals surface area contributed by atoms with Gasteiger partial charge in [-0.05, 0) is 43.7 Å². The molecule has 0 aliphatic carbocycles. The average Bonchev–Trinajstić information content (AvgIpc) is 2.77. The summed E-state index contributed by atoms with van der Waals surface area (Å²) < 4.78 is 28.3. The van der Waals surface area contributed by atoms with E-state index in [1.54, 1.807) is 12.3 Å². The maximum atomic E-state index is 13.2. The first-order valence-electron chi connectivity index (χ1n) is 6.73. The molecule has 112 valence electrons. The molecule has 2 heterocycles. The number of anilines is 2. The third kappa shape index (κ3) is 2.95. The third-order valence-corrected chi connectivity index (χ3v) is 3.16. The van der Waals surface area contributed by atoms with Gasteiger partial charge >= 0.3 is 0 Å². The van der Waals surface area contributed by atoms with Crippen LogP contribution in [0.25, 0.3) is 5.82 Å². The lowest BCUT2D eigenvalue weighted by atomic mass is 10.3. The molecule has 3 aromatic rings. The monoisotopic (exact) mass is 300 g/mol. The maximum absolute atomic E-state index is 13.2. The van der Waals surface area contributed by atoms with Crippen LogP contribution in [0.3, 0.4) is 0 Å². The predicted octanol–water partition coefficient (Wildman–Crippen LogP) is 3.91. The first kappa shape index (κ1) is 14.2. The Kier molecular flexibility index (Phi) is 3.58. The number of rotatable bonds is 3. The molecule has 0 aliphatic rings. The van der Waals surface area contributed by atoms with Gasteiger partial charge in [0.25, 0.3) is 0 Å². The summed E-state index contributed by atoms with van der Waals surface area (Å²) in [5.74, 6) is -0.362. The summed E-state index contributed by atoms with van der Waals surface area (Å²) in [6, 6.07) is 6.99. The Bertz CT molecular complexity index is 807. The summed E-state index contributed by atoms with van der Waals surface area (Å²) >= 11 is 0. The van der Waals surface area contributed by atoms with Crippen LogP contribution in [0.1, 0.15) is 11.3 Å². The number of nitrogens with zero attached hydrogens (tertiary/aromatic N) is 3. The van der Waals surface area contributed by atoms with E-state index in [0.717, 1.165) is 17.3 Å². The van der Waals surface area contributed by atoms with E-state index in [1.165, 1.54) is 12.1 Å². The fraction of sp³-hybridized carbons (Fsp3) is 0.125.